The molecule has 4 heteroatoms. The highest BCUT2D eigenvalue weighted by Gasteiger charge is 2.56. The molecule has 0 bridgehead atoms. The first-order valence-corrected chi connectivity index (χ1v) is 5.07. The molecular formula is C10H14N2O2. The van der Waals surface area contributed by atoms with Gasteiger partial charge in [-0.25, -0.2) is 4.98 Å². The van der Waals surface area contributed by atoms with Crippen molar-refractivity contribution in [1.82, 2.24) is 10.3 Å². The van der Waals surface area contributed by atoms with Gasteiger partial charge >= 0.3 is 0 Å². The van der Waals surface area contributed by atoms with Gasteiger partial charge in [-0.1, -0.05) is 0 Å². The van der Waals surface area contributed by atoms with E-state index in [2.05, 4.69) is 10.3 Å². The lowest BCUT2D eigenvalue weighted by molar-refractivity contribution is 0.157. The first kappa shape index (κ1) is 8.44. The van der Waals surface area contributed by atoms with E-state index >= 15 is 0 Å². The minimum absolute atomic E-state index is 0.585. The Kier molecular flexibility index (Phi) is 1.85. The fourth-order valence-corrected chi connectivity index (χ4v) is 2.37. The Morgan fingerprint density at radius 2 is 2.29 bits per heavy atom. The van der Waals surface area contributed by atoms with Crippen molar-refractivity contribution in [3.8, 4) is 0 Å². The molecule has 4 nitrogen and oxygen atoms in total. The average molecular weight is 194 g/mol. The smallest absolute Gasteiger partial charge is 0.208 e. The zero-order chi connectivity index (χ0) is 9.54. The normalized spacial score (nSPS) is 34.5. The predicted molar refractivity (Wildman–Crippen MR) is 49.8 cm³/mol. The first-order valence-electron chi connectivity index (χ1n) is 5.07. The number of ether oxygens (including phenoxy) is 1. The number of rotatable bonds is 3. The van der Waals surface area contributed by atoms with Gasteiger partial charge in [-0.05, 0) is 18.9 Å². The van der Waals surface area contributed by atoms with Gasteiger partial charge in [0.05, 0.1) is 26.0 Å². The van der Waals surface area contributed by atoms with Crippen LogP contribution in [0.15, 0.2) is 10.6 Å². The molecule has 1 saturated carbocycles. The summed E-state index contributed by atoms with van der Waals surface area (Å²) in [6.07, 6.45) is 1.87. The van der Waals surface area contributed by atoms with Gasteiger partial charge in [0.2, 0.25) is 5.89 Å². The standard InChI is InChI=1S/C10H14N2O2/c1-11-3-9-12-2-8(14-9)10-6-4-13-5-7(6)10/h2,6-7,10-11H,3-5H2,1H3. The third kappa shape index (κ3) is 1.18. The third-order valence-corrected chi connectivity index (χ3v) is 3.18. The Labute approximate surface area is 82.7 Å². The van der Waals surface area contributed by atoms with Crippen molar-refractivity contribution in [1.29, 1.82) is 0 Å². The molecule has 2 heterocycles. The van der Waals surface area contributed by atoms with Gasteiger partial charge in [-0.15, -0.1) is 0 Å². The molecular weight excluding hydrogens is 180 g/mol. The molecule has 0 spiro atoms. The Hall–Kier alpha value is -0.870. The van der Waals surface area contributed by atoms with Crippen molar-refractivity contribution in [3.05, 3.63) is 17.8 Å². The van der Waals surface area contributed by atoms with E-state index < -0.39 is 0 Å². The Morgan fingerprint density at radius 1 is 1.50 bits per heavy atom. The van der Waals surface area contributed by atoms with Gasteiger partial charge in [-0.2, -0.15) is 0 Å². The minimum atomic E-state index is 0.585. The van der Waals surface area contributed by atoms with E-state index in [-0.39, 0.29) is 0 Å². The molecule has 2 fully saturated rings. The molecule has 1 saturated heterocycles. The molecule has 1 aliphatic heterocycles. The highest BCUT2D eigenvalue weighted by molar-refractivity contribution is 5.19. The van der Waals surface area contributed by atoms with Gasteiger partial charge in [-0.3, -0.25) is 0 Å². The summed E-state index contributed by atoms with van der Waals surface area (Å²) in [4.78, 5) is 4.22. The monoisotopic (exact) mass is 194 g/mol. The van der Waals surface area contributed by atoms with Crippen LogP contribution < -0.4 is 5.32 Å². The Morgan fingerprint density at radius 3 is 3.00 bits per heavy atom. The Bertz CT molecular complexity index is 327. The van der Waals surface area contributed by atoms with E-state index in [0.29, 0.717) is 24.3 Å². The van der Waals surface area contributed by atoms with Gasteiger partial charge in [0.25, 0.3) is 0 Å². The van der Waals surface area contributed by atoms with E-state index in [1.807, 2.05) is 13.2 Å². The molecule has 2 unspecified atom stereocenters. The summed E-state index contributed by atoms with van der Waals surface area (Å²) >= 11 is 0. The number of oxazole rings is 1. The van der Waals surface area contributed by atoms with Crippen molar-refractivity contribution < 1.29 is 9.15 Å². The number of nitrogens with zero attached hydrogens (tertiary/aromatic N) is 1. The maximum Gasteiger partial charge on any atom is 0.208 e. The largest absolute Gasteiger partial charge is 0.444 e. The molecule has 2 atom stereocenters. The van der Waals surface area contributed by atoms with Crippen LogP contribution in [0, 0.1) is 11.8 Å². The summed E-state index contributed by atoms with van der Waals surface area (Å²) in [7, 11) is 1.89. The second-order valence-corrected chi connectivity index (χ2v) is 4.08. The summed E-state index contributed by atoms with van der Waals surface area (Å²) in [5, 5.41) is 3.03. The van der Waals surface area contributed by atoms with E-state index in [1.54, 1.807) is 0 Å². The van der Waals surface area contributed by atoms with Crippen LogP contribution in [-0.2, 0) is 11.3 Å². The molecule has 1 aliphatic carbocycles. The second-order valence-electron chi connectivity index (χ2n) is 4.08. The summed E-state index contributed by atoms with van der Waals surface area (Å²) in [6.45, 7) is 2.51. The molecule has 1 N–H and O–H groups in total. The predicted octanol–water partition coefficient (Wildman–Crippen LogP) is 0.754. The van der Waals surface area contributed by atoms with Crippen molar-refractivity contribution >= 4 is 0 Å². The topological polar surface area (TPSA) is 47.3 Å². The van der Waals surface area contributed by atoms with Crippen molar-refractivity contribution in [3.63, 3.8) is 0 Å². The highest BCUT2D eigenvalue weighted by Crippen LogP contribution is 2.57. The lowest BCUT2D eigenvalue weighted by Gasteiger charge is -1.99. The van der Waals surface area contributed by atoms with Gasteiger partial charge < -0.3 is 14.5 Å². The van der Waals surface area contributed by atoms with Crippen LogP contribution in [0.4, 0.5) is 0 Å². The lowest BCUT2D eigenvalue weighted by Crippen LogP contribution is -2.04. The minimum Gasteiger partial charge on any atom is -0.444 e. The number of aromatic nitrogens is 1. The highest BCUT2D eigenvalue weighted by atomic mass is 16.5. The summed E-state index contributed by atoms with van der Waals surface area (Å²) < 4.78 is 11.0. The first-order chi connectivity index (χ1) is 6.90. The number of fused-ring (bicyclic) bond motifs is 1. The zero-order valence-electron chi connectivity index (χ0n) is 8.19. The lowest BCUT2D eigenvalue weighted by atomic mass is 10.2. The maximum absolute atomic E-state index is 5.66. The SMILES string of the molecule is CNCc1ncc(C2C3COCC32)o1. The van der Waals surface area contributed by atoms with Crippen LogP contribution in [0.1, 0.15) is 17.6 Å². The van der Waals surface area contributed by atoms with E-state index in [1.165, 1.54) is 0 Å². The van der Waals surface area contributed by atoms with Crippen molar-refractivity contribution in [2.75, 3.05) is 20.3 Å². The fourth-order valence-electron chi connectivity index (χ4n) is 2.37. The summed E-state index contributed by atoms with van der Waals surface area (Å²) in [5.74, 6) is 3.82. The summed E-state index contributed by atoms with van der Waals surface area (Å²) in [6, 6.07) is 0. The molecule has 1 aromatic rings. The maximum atomic E-state index is 5.66. The van der Waals surface area contributed by atoms with Gasteiger partial charge in [0.1, 0.15) is 5.76 Å². The van der Waals surface area contributed by atoms with Crippen LogP contribution >= 0.6 is 0 Å². The fraction of sp³-hybridized carbons (Fsp3) is 0.700. The van der Waals surface area contributed by atoms with Crippen LogP contribution in [0.3, 0.4) is 0 Å². The quantitative estimate of drug-likeness (QED) is 0.771. The molecule has 0 amide bonds. The third-order valence-electron chi connectivity index (χ3n) is 3.18. The van der Waals surface area contributed by atoms with E-state index in [4.69, 9.17) is 9.15 Å². The van der Waals surface area contributed by atoms with Crippen molar-refractivity contribution in [2.45, 2.75) is 12.5 Å². The molecule has 1 aromatic heterocycles. The molecule has 0 radical (unpaired) electrons. The van der Waals surface area contributed by atoms with E-state index in [0.717, 1.165) is 24.9 Å². The van der Waals surface area contributed by atoms with Gasteiger partial charge in [0, 0.05) is 5.92 Å². The van der Waals surface area contributed by atoms with Crippen LogP contribution in [0.2, 0.25) is 0 Å². The molecule has 2 aliphatic rings. The molecule has 0 aromatic carbocycles. The zero-order valence-corrected chi connectivity index (χ0v) is 8.19. The number of hydrogen-bond donors (Lipinski definition) is 1. The number of nitrogens with one attached hydrogen (secondary N) is 1. The molecule has 14 heavy (non-hydrogen) atoms. The molecule has 76 valence electrons. The van der Waals surface area contributed by atoms with Crippen LogP contribution in [0.5, 0.6) is 0 Å². The summed E-state index contributed by atoms with van der Waals surface area (Å²) in [5.41, 5.74) is 0. The molecule has 3 rings (SSSR count). The van der Waals surface area contributed by atoms with E-state index in [9.17, 15) is 0 Å². The number of hydrogen-bond acceptors (Lipinski definition) is 4. The Balaban J connectivity index is 1.72. The van der Waals surface area contributed by atoms with Gasteiger partial charge in [0.15, 0.2) is 0 Å². The van der Waals surface area contributed by atoms with Crippen molar-refractivity contribution in [2.24, 2.45) is 11.8 Å². The average Bonchev–Trinajstić information content (AvgIpc) is 2.63. The second kappa shape index (κ2) is 3.07. The van der Waals surface area contributed by atoms with Crippen LogP contribution in [-0.4, -0.2) is 25.2 Å². The van der Waals surface area contributed by atoms with Crippen LogP contribution in [0.25, 0.3) is 0 Å².